The molecule has 0 amide bonds. The molecule has 0 aliphatic heterocycles. The normalized spacial score (nSPS) is 13.7. The van der Waals surface area contributed by atoms with Crippen molar-refractivity contribution in [2.45, 2.75) is 22.5 Å². The van der Waals surface area contributed by atoms with Gasteiger partial charge >= 0.3 is 0 Å². The van der Waals surface area contributed by atoms with E-state index >= 15 is 0 Å². The molecule has 0 spiro atoms. The highest BCUT2D eigenvalue weighted by molar-refractivity contribution is 9.11. The first-order valence-corrected chi connectivity index (χ1v) is 10.8. The minimum Gasteiger partial charge on any atom is -0.381 e. The van der Waals surface area contributed by atoms with Gasteiger partial charge in [0.15, 0.2) is 0 Å². The Kier molecular flexibility index (Phi) is 8.83. The molecule has 2 aromatic rings. The number of benzene rings is 2. The van der Waals surface area contributed by atoms with Gasteiger partial charge in [-0.25, -0.2) is 0 Å². The zero-order chi connectivity index (χ0) is 16.7. The van der Waals surface area contributed by atoms with Gasteiger partial charge in [0.25, 0.3) is 0 Å². The largest absolute Gasteiger partial charge is 0.381 e. The minimum absolute atomic E-state index is 0.335. The molecule has 0 radical (unpaired) electrons. The molecule has 0 saturated carbocycles. The fourth-order valence-corrected chi connectivity index (χ4v) is 3.67. The SMILES string of the molecule is Brc1ccc(C(Br)CCOCCC(Br)c2ccc(Br)cc2)cc1. The lowest BCUT2D eigenvalue weighted by molar-refractivity contribution is 0.129. The number of ether oxygens (including phenoxy) is 1. The van der Waals surface area contributed by atoms with E-state index in [0.29, 0.717) is 9.65 Å². The van der Waals surface area contributed by atoms with Crippen molar-refractivity contribution in [2.75, 3.05) is 13.2 Å². The number of rotatable bonds is 8. The van der Waals surface area contributed by atoms with E-state index in [1.54, 1.807) is 0 Å². The van der Waals surface area contributed by atoms with Gasteiger partial charge in [0.2, 0.25) is 0 Å². The van der Waals surface area contributed by atoms with E-state index in [2.05, 4.69) is 112 Å². The standard InChI is InChI=1S/C18H18Br4O/c19-15-5-1-13(2-6-15)17(21)9-11-23-12-10-18(22)14-3-7-16(20)8-4-14/h1-8,17-18H,9-12H2. The highest BCUT2D eigenvalue weighted by Crippen LogP contribution is 2.29. The molecular formula is C18H18Br4O. The van der Waals surface area contributed by atoms with Crippen LogP contribution in [0.3, 0.4) is 0 Å². The lowest BCUT2D eigenvalue weighted by Crippen LogP contribution is -2.03. The quantitative estimate of drug-likeness (QED) is 0.235. The lowest BCUT2D eigenvalue weighted by atomic mass is 10.1. The summed E-state index contributed by atoms with van der Waals surface area (Å²) in [5.74, 6) is 0. The Morgan fingerprint density at radius 1 is 0.652 bits per heavy atom. The third-order valence-electron chi connectivity index (χ3n) is 3.49. The van der Waals surface area contributed by atoms with Crippen molar-refractivity contribution in [1.82, 2.24) is 0 Å². The van der Waals surface area contributed by atoms with Crippen LogP contribution in [0.5, 0.6) is 0 Å². The molecule has 2 aromatic carbocycles. The van der Waals surface area contributed by atoms with Crippen molar-refractivity contribution in [3.8, 4) is 0 Å². The van der Waals surface area contributed by atoms with Crippen LogP contribution in [0, 0.1) is 0 Å². The summed E-state index contributed by atoms with van der Waals surface area (Å²) in [5.41, 5.74) is 2.56. The molecule has 1 nitrogen and oxygen atoms in total. The second kappa shape index (κ2) is 10.3. The molecule has 2 atom stereocenters. The highest BCUT2D eigenvalue weighted by atomic mass is 79.9. The Bertz CT molecular complexity index is 529. The van der Waals surface area contributed by atoms with Gasteiger partial charge in [0.05, 0.1) is 0 Å². The Balaban J connectivity index is 1.65. The molecule has 0 bridgehead atoms. The first-order valence-electron chi connectivity index (χ1n) is 7.43. The third kappa shape index (κ3) is 6.99. The molecule has 0 aromatic heterocycles. The summed E-state index contributed by atoms with van der Waals surface area (Å²) in [5, 5.41) is 0. The molecule has 124 valence electrons. The number of alkyl halides is 2. The van der Waals surface area contributed by atoms with Crippen LogP contribution in [0.15, 0.2) is 57.5 Å². The second-order valence-corrected chi connectivity index (χ2v) is 9.27. The van der Waals surface area contributed by atoms with Crippen molar-refractivity contribution in [1.29, 1.82) is 0 Å². The van der Waals surface area contributed by atoms with Crippen LogP contribution >= 0.6 is 63.7 Å². The fraction of sp³-hybridized carbons (Fsp3) is 0.333. The predicted octanol–water partition coefficient (Wildman–Crippen LogP) is 7.58. The average Bonchev–Trinajstić information content (AvgIpc) is 2.55. The maximum atomic E-state index is 5.79. The Hall–Kier alpha value is 0.320. The number of halogens is 4. The number of hydrogen-bond donors (Lipinski definition) is 0. The molecule has 0 heterocycles. The van der Waals surface area contributed by atoms with Gasteiger partial charge in [-0.15, -0.1) is 0 Å². The first-order chi connectivity index (χ1) is 11.1. The van der Waals surface area contributed by atoms with Crippen molar-refractivity contribution in [3.63, 3.8) is 0 Å². The number of hydrogen-bond acceptors (Lipinski definition) is 1. The Morgan fingerprint density at radius 2 is 1.00 bits per heavy atom. The lowest BCUT2D eigenvalue weighted by Gasteiger charge is -2.13. The zero-order valence-electron chi connectivity index (χ0n) is 12.5. The molecule has 0 aliphatic rings. The van der Waals surface area contributed by atoms with Crippen LogP contribution in [-0.4, -0.2) is 13.2 Å². The van der Waals surface area contributed by atoms with Gasteiger partial charge in [-0.1, -0.05) is 88.0 Å². The maximum Gasteiger partial charge on any atom is 0.0479 e. The minimum atomic E-state index is 0.335. The molecule has 5 heteroatoms. The summed E-state index contributed by atoms with van der Waals surface area (Å²) in [6.45, 7) is 1.51. The van der Waals surface area contributed by atoms with Gasteiger partial charge < -0.3 is 4.74 Å². The van der Waals surface area contributed by atoms with Gasteiger partial charge in [-0.2, -0.15) is 0 Å². The van der Waals surface area contributed by atoms with E-state index < -0.39 is 0 Å². The van der Waals surface area contributed by atoms with Crippen LogP contribution in [-0.2, 0) is 4.74 Å². The summed E-state index contributed by atoms with van der Waals surface area (Å²) in [4.78, 5) is 0.670. The van der Waals surface area contributed by atoms with Crippen LogP contribution in [0.4, 0.5) is 0 Å². The summed E-state index contributed by atoms with van der Waals surface area (Å²) >= 11 is 14.4. The first kappa shape index (κ1) is 19.6. The van der Waals surface area contributed by atoms with Crippen LogP contribution in [0.1, 0.15) is 33.6 Å². The zero-order valence-corrected chi connectivity index (χ0v) is 18.9. The third-order valence-corrected chi connectivity index (χ3v) is 6.52. The van der Waals surface area contributed by atoms with Gasteiger partial charge in [0.1, 0.15) is 0 Å². The monoisotopic (exact) mass is 566 g/mol. The van der Waals surface area contributed by atoms with Gasteiger partial charge in [-0.05, 0) is 48.2 Å². The summed E-state index contributed by atoms with van der Waals surface area (Å²) < 4.78 is 8.00. The highest BCUT2D eigenvalue weighted by Gasteiger charge is 2.09. The Morgan fingerprint density at radius 3 is 1.35 bits per heavy atom. The van der Waals surface area contributed by atoms with E-state index in [1.807, 2.05) is 0 Å². The molecular weight excluding hydrogens is 552 g/mol. The fourth-order valence-electron chi connectivity index (χ4n) is 2.15. The van der Waals surface area contributed by atoms with Gasteiger partial charge in [-0.3, -0.25) is 0 Å². The molecule has 0 fully saturated rings. The van der Waals surface area contributed by atoms with Crippen LogP contribution in [0.25, 0.3) is 0 Å². The van der Waals surface area contributed by atoms with E-state index in [9.17, 15) is 0 Å². The van der Waals surface area contributed by atoms with E-state index in [0.717, 1.165) is 35.0 Å². The molecule has 2 rings (SSSR count). The molecule has 0 N–H and O–H groups in total. The second-order valence-electron chi connectivity index (χ2n) is 5.23. The average molecular weight is 570 g/mol. The summed E-state index contributed by atoms with van der Waals surface area (Å²) in [6.07, 6.45) is 1.93. The van der Waals surface area contributed by atoms with E-state index in [1.165, 1.54) is 11.1 Å². The summed E-state index contributed by atoms with van der Waals surface area (Å²) in [7, 11) is 0. The van der Waals surface area contributed by atoms with E-state index in [-0.39, 0.29) is 0 Å². The van der Waals surface area contributed by atoms with Crippen LogP contribution < -0.4 is 0 Å². The topological polar surface area (TPSA) is 9.23 Å². The Labute approximate surface area is 171 Å². The van der Waals surface area contributed by atoms with Gasteiger partial charge in [0, 0.05) is 31.8 Å². The summed E-state index contributed by atoms with van der Waals surface area (Å²) in [6, 6.07) is 16.8. The molecule has 0 saturated heterocycles. The van der Waals surface area contributed by atoms with Crippen molar-refractivity contribution in [3.05, 3.63) is 68.6 Å². The van der Waals surface area contributed by atoms with Crippen molar-refractivity contribution >= 4 is 63.7 Å². The maximum absolute atomic E-state index is 5.79. The molecule has 0 aliphatic carbocycles. The predicted molar refractivity (Wildman–Crippen MR) is 112 cm³/mol. The van der Waals surface area contributed by atoms with Crippen LogP contribution in [0.2, 0.25) is 0 Å². The smallest absolute Gasteiger partial charge is 0.0479 e. The van der Waals surface area contributed by atoms with Crippen molar-refractivity contribution < 1.29 is 4.74 Å². The van der Waals surface area contributed by atoms with Crippen molar-refractivity contribution in [2.24, 2.45) is 0 Å². The van der Waals surface area contributed by atoms with E-state index in [4.69, 9.17) is 4.74 Å². The molecule has 23 heavy (non-hydrogen) atoms. The molecule has 2 unspecified atom stereocenters.